The Hall–Kier alpha value is -0.570. The van der Waals surface area contributed by atoms with E-state index < -0.39 is 12.0 Å². The monoisotopic (exact) mass is 132 g/mol. The van der Waals surface area contributed by atoms with Crippen molar-refractivity contribution in [3.05, 3.63) is 0 Å². The molecule has 0 aliphatic rings. The summed E-state index contributed by atoms with van der Waals surface area (Å²) in [6, 6.07) is -0.440. The van der Waals surface area contributed by atoms with Gasteiger partial charge >= 0.3 is 5.97 Å². The van der Waals surface area contributed by atoms with E-state index in [-0.39, 0.29) is 0 Å². The predicted octanol–water partition coefficient (Wildman–Crippen LogP) is -0.272. The van der Waals surface area contributed by atoms with E-state index in [1.54, 1.807) is 0 Å². The summed E-state index contributed by atoms with van der Waals surface area (Å²) in [5.74, 6) is -0.382. The Morgan fingerprint density at radius 3 is 2.22 bits per heavy atom. The van der Waals surface area contributed by atoms with Gasteiger partial charge in [-0.15, -0.1) is 0 Å². The number of carboxylic acids is 1. The molecule has 0 fully saturated rings. The van der Waals surface area contributed by atoms with Crippen LogP contribution in [0.3, 0.4) is 0 Å². The van der Waals surface area contributed by atoms with Gasteiger partial charge in [0, 0.05) is 6.42 Å². The van der Waals surface area contributed by atoms with Gasteiger partial charge in [0.2, 0.25) is 0 Å². The first-order valence-corrected chi connectivity index (χ1v) is 3.10. The Balaban J connectivity index is 3.50. The molecule has 0 rings (SSSR count). The summed E-state index contributed by atoms with van der Waals surface area (Å²) in [5.41, 5.74) is 3.48. The van der Waals surface area contributed by atoms with Crippen LogP contribution in [0.2, 0.25) is 0 Å². The van der Waals surface area contributed by atoms with Crippen LogP contribution in [-0.2, 0) is 4.79 Å². The first kappa shape index (κ1) is 8.43. The summed E-state index contributed by atoms with van der Waals surface area (Å²) in [4.78, 5) is 10.2. The molecule has 54 valence electrons. The van der Waals surface area contributed by atoms with Crippen LogP contribution in [0.25, 0.3) is 0 Å². The lowest BCUT2D eigenvalue weighted by molar-refractivity contribution is -0.410. The molecule has 4 N–H and O–H groups in total. The molecule has 9 heavy (non-hydrogen) atoms. The van der Waals surface area contributed by atoms with Crippen molar-refractivity contribution in [2.45, 2.75) is 26.3 Å². The number of quaternary nitrogens is 1. The highest BCUT2D eigenvalue weighted by molar-refractivity contribution is 5.71. The van der Waals surface area contributed by atoms with E-state index in [2.05, 4.69) is 5.73 Å². The first-order chi connectivity index (χ1) is 4.04. The quantitative estimate of drug-likeness (QED) is 0.555. The zero-order valence-electron chi connectivity index (χ0n) is 5.92. The molecule has 0 radical (unpaired) electrons. The standard InChI is InChI=1S/C6H13NO2/c1-4(2)3-5(7)6(8)9/h4-5H,3,7H2,1-2H3,(H,8,9)/p+1. The molecule has 0 bridgehead atoms. The predicted molar refractivity (Wildman–Crippen MR) is 33.8 cm³/mol. The van der Waals surface area contributed by atoms with Gasteiger partial charge in [-0.25, -0.2) is 4.79 Å². The largest absolute Gasteiger partial charge is 0.477 e. The Labute approximate surface area is 54.9 Å². The third-order valence-corrected chi connectivity index (χ3v) is 1.11. The van der Waals surface area contributed by atoms with Crippen LogP contribution in [0.4, 0.5) is 0 Å². The van der Waals surface area contributed by atoms with Crippen molar-refractivity contribution >= 4 is 5.97 Å². The second-order valence-electron chi connectivity index (χ2n) is 2.66. The van der Waals surface area contributed by atoms with Gasteiger partial charge < -0.3 is 10.8 Å². The van der Waals surface area contributed by atoms with Crippen molar-refractivity contribution in [1.29, 1.82) is 0 Å². The highest BCUT2D eigenvalue weighted by Gasteiger charge is 2.15. The fourth-order valence-corrected chi connectivity index (χ4v) is 0.670. The number of aliphatic carboxylic acids is 1. The molecule has 0 aromatic heterocycles. The Kier molecular flexibility index (Phi) is 3.24. The summed E-state index contributed by atoms with van der Waals surface area (Å²) in [5, 5.41) is 8.37. The molecular weight excluding hydrogens is 118 g/mol. The second-order valence-corrected chi connectivity index (χ2v) is 2.66. The van der Waals surface area contributed by atoms with Gasteiger partial charge in [-0.1, -0.05) is 13.8 Å². The normalized spacial score (nSPS) is 13.8. The lowest BCUT2D eigenvalue weighted by Crippen LogP contribution is -2.65. The minimum Gasteiger partial charge on any atom is -0.477 e. The van der Waals surface area contributed by atoms with E-state index in [1.165, 1.54) is 0 Å². The van der Waals surface area contributed by atoms with E-state index in [9.17, 15) is 4.79 Å². The van der Waals surface area contributed by atoms with Crippen molar-refractivity contribution < 1.29 is 15.6 Å². The topological polar surface area (TPSA) is 64.9 Å². The first-order valence-electron chi connectivity index (χ1n) is 3.10. The molecule has 0 saturated carbocycles. The summed E-state index contributed by atoms with van der Waals surface area (Å²) < 4.78 is 0. The maximum atomic E-state index is 10.2. The number of carboxylic acid groups (broad SMARTS) is 1. The van der Waals surface area contributed by atoms with Gasteiger partial charge in [0.1, 0.15) is 0 Å². The third-order valence-electron chi connectivity index (χ3n) is 1.11. The highest BCUT2D eigenvalue weighted by Crippen LogP contribution is 2.00. The number of hydrogen-bond acceptors (Lipinski definition) is 1. The second kappa shape index (κ2) is 3.45. The van der Waals surface area contributed by atoms with Crippen LogP contribution in [0, 0.1) is 5.92 Å². The van der Waals surface area contributed by atoms with Crippen molar-refractivity contribution in [2.75, 3.05) is 0 Å². The van der Waals surface area contributed by atoms with E-state index in [1.807, 2.05) is 13.8 Å². The molecule has 0 aromatic carbocycles. The molecule has 1 atom stereocenters. The third kappa shape index (κ3) is 3.97. The van der Waals surface area contributed by atoms with Crippen molar-refractivity contribution in [3.8, 4) is 0 Å². The van der Waals surface area contributed by atoms with Crippen molar-refractivity contribution in [1.82, 2.24) is 0 Å². The number of carbonyl (C=O) groups is 1. The van der Waals surface area contributed by atoms with Gasteiger partial charge in [0.25, 0.3) is 0 Å². The average Bonchev–Trinajstić information content (AvgIpc) is 1.63. The summed E-state index contributed by atoms with van der Waals surface area (Å²) in [7, 11) is 0. The fraction of sp³-hybridized carbons (Fsp3) is 0.833. The Morgan fingerprint density at radius 2 is 2.11 bits per heavy atom. The lowest BCUT2D eigenvalue weighted by atomic mass is 10.1. The van der Waals surface area contributed by atoms with Gasteiger partial charge in [-0.2, -0.15) is 0 Å². The van der Waals surface area contributed by atoms with Gasteiger partial charge in [-0.05, 0) is 5.92 Å². The van der Waals surface area contributed by atoms with Gasteiger partial charge in [0.15, 0.2) is 6.04 Å². The minimum atomic E-state index is -0.802. The van der Waals surface area contributed by atoms with E-state index >= 15 is 0 Å². The zero-order chi connectivity index (χ0) is 7.44. The Morgan fingerprint density at radius 1 is 1.67 bits per heavy atom. The van der Waals surface area contributed by atoms with Crippen LogP contribution in [0.1, 0.15) is 20.3 Å². The lowest BCUT2D eigenvalue weighted by Gasteiger charge is -2.04. The molecule has 0 amide bonds. The number of rotatable bonds is 3. The molecule has 3 nitrogen and oxygen atoms in total. The smallest absolute Gasteiger partial charge is 0.362 e. The number of hydrogen-bond donors (Lipinski definition) is 2. The highest BCUT2D eigenvalue weighted by atomic mass is 16.4. The van der Waals surface area contributed by atoms with Gasteiger partial charge in [0.05, 0.1) is 0 Å². The molecule has 0 spiro atoms. The maximum absolute atomic E-state index is 10.2. The van der Waals surface area contributed by atoms with Crippen LogP contribution >= 0.6 is 0 Å². The molecule has 0 heterocycles. The van der Waals surface area contributed by atoms with E-state index in [4.69, 9.17) is 5.11 Å². The van der Waals surface area contributed by atoms with Crippen LogP contribution < -0.4 is 5.73 Å². The summed E-state index contributed by atoms with van der Waals surface area (Å²) in [6.07, 6.45) is 0.662. The molecule has 0 aliphatic heterocycles. The Bertz CT molecular complexity index is 101. The SMILES string of the molecule is CC(C)CC([NH3+])C(=O)O. The molecule has 0 saturated heterocycles. The summed E-state index contributed by atoms with van der Waals surface area (Å²) in [6.45, 7) is 3.97. The van der Waals surface area contributed by atoms with Crippen LogP contribution in [-0.4, -0.2) is 17.1 Å². The molecule has 0 aliphatic carbocycles. The fourth-order valence-electron chi connectivity index (χ4n) is 0.670. The van der Waals surface area contributed by atoms with Crippen LogP contribution in [0.5, 0.6) is 0 Å². The molecule has 0 aromatic rings. The van der Waals surface area contributed by atoms with Crippen molar-refractivity contribution in [3.63, 3.8) is 0 Å². The minimum absolute atomic E-state index is 0.420. The molecule has 3 heteroatoms. The van der Waals surface area contributed by atoms with E-state index in [0.717, 1.165) is 0 Å². The molecular formula is C6H14NO2+. The maximum Gasteiger partial charge on any atom is 0.362 e. The van der Waals surface area contributed by atoms with Crippen molar-refractivity contribution in [2.24, 2.45) is 5.92 Å². The average molecular weight is 132 g/mol. The van der Waals surface area contributed by atoms with E-state index in [0.29, 0.717) is 12.3 Å². The van der Waals surface area contributed by atoms with Gasteiger partial charge in [-0.3, -0.25) is 0 Å². The van der Waals surface area contributed by atoms with Crippen LogP contribution in [0.15, 0.2) is 0 Å². The zero-order valence-corrected chi connectivity index (χ0v) is 5.92. The summed E-state index contributed by atoms with van der Waals surface area (Å²) >= 11 is 0. The molecule has 1 unspecified atom stereocenters.